The maximum atomic E-state index is 13.0. The second-order valence-corrected chi connectivity index (χ2v) is 6.94. The van der Waals surface area contributed by atoms with Gasteiger partial charge in [-0.05, 0) is 24.8 Å². The molecule has 0 unspecified atom stereocenters. The van der Waals surface area contributed by atoms with Crippen LogP contribution in [-0.2, 0) is 0 Å². The zero-order chi connectivity index (χ0) is 18.1. The third-order valence-corrected chi connectivity index (χ3v) is 5.14. The molecule has 0 radical (unpaired) electrons. The molecule has 128 valence electrons. The van der Waals surface area contributed by atoms with Crippen molar-refractivity contribution in [3.63, 3.8) is 0 Å². The SMILES string of the molecule is Cc1onc(-c2ccccc2Cl)c1C(=O)Sc1nncc2ccccc12. The third-order valence-electron chi connectivity index (χ3n) is 3.92. The number of hydrogen-bond acceptors (Lipinski definition) is 6. The van der Waals surface area contributed by atoms with E-state index < -0.39 is 0 Å². The van der Waals surface area contributed by atoms with Crippen molar-refractivity contribution in [1.82, 2.24) is 15.4 Å². The highest BCUT2D eigenvalue weighted by Crippen LogP contribution is 2.35. The number of halogens is 1. The topological polar surface area (TPSA) is 68.9 Å². The van der Waals surface area contributed by atoms with Gasteiger partial charge in [0.25, 0.3) is 0 Å². The Morgan fingerprint density at radius 3 is 2.73 bits per heavy atom. The van der Waals surface area contributed by atoms with Crippen LogP contribution in [-0.4, -0.2) is 20.5 Å². The number of carbonyl (C=O) groups excluding carboxylic acids is 1. The normalized spacial score (nSPS) is 11.0. The van der Waals surface area contributed by atoms with Crippen molar-refractivity contribution in [2.75, 3.05) is 0 Å². The Kier molecular flexibility index (Phi) is 4.44. The summed E-state index contributed by atoms with van der Waals surface area (Å²) in [5, 5.41) is 14.8. The summed E-state index contributed by atoms with van der Waals surface area (Å²) < 4.78 is 5.27. The van der Waals surface area contributed by atoms with Crippen LogP contribution in [0, 0.1) is 6.92 Å². The Bertz CT molecular complexity index is 1120. The lowest BCUT2D eigenvalue weighted by Gasteiger charge is -2.05. The summed E-state index contributed by atoms with van der Waals surface area (Å²) in [7, 11) is 0. The molecular formula is C19H12ClN3O2S. The molecule has 26 heavy (non-hydrogen) atoms. The van der Waals surface area contributed by atoms with E-state index in [1.807, 2.05) is 36.4 Å². The predicted molar refractivity (Wildman–Crippen MR) is 101 cm³/mol. The number of nitrogens with zero attached hydrogens (tertiary/aromatic N) is 3. The Morgan fingerprint density at radius 1 is 1.12 bits per heavy atom. The maximum Gasteiger partial charge on any atom is 0.231 e. The standard InChI is InChI=1S/C19H12ClN3O2S/c1-11-16(17(23-25-11)14-8-4-5-9-15(14)20)19(24)26-18-13-7-3-2-6-12(13)10-21-22-18/h2-10H,1H3. The third kappa shape index (κ3) is 2.98. The molecular weight excluding hydrogens is 370 g/mol. The minimum Gasteiger partial charge on any atom is -0.360 e. The molecule has 4 aromatic rings. The molecule has 0 saturated heterocycles. The summed E-state index contributed by atoms with van der Waals surface area (Å²) in [5.41, 5.74) is 1.47. The largest absolute Gasteiger partial charge is 0.360 e. The van der Waals surface area contributed by atoms with E-state index in [1.165, 1.54) is 0 Å². The summed E-state index contributed by atoms with van der Waals surface area (Å²) in [6.07, 6.45) is 1.67. The minimum absolute atomic E-state index is 0.218. The number of rotatable bonds is 3. The molecule has 5 nitrogen and oxygen atoms in total. The fourth-order valence-corrected chi connectivity index (χ4v) is 3.79. The quantitative estimate of drug-likeness (QED) is 0.455. The van der Waals surface area contributed by atoms with E-state index >= 15 is 0 Å². The molecule has 0 amide bonds. The van der Waals surface area contributed by atoms with Gasteiger partial charge in [-0.1, -0.05) is 59.2 Å². The lowest BCUT2D eigenvalue weighted by atomic mass is 10.1. The molecule has 0 aliphatic carbocycles. The van der Waals surface area contributed by atoms with E-state index in [2.05, 4.69) is 15.4 Å². The highest BCUT2D eigenvalue weighted by molar-refractivity contribution is 8.14. The molecule has 7 heteroatoms. The van der Waals surface area contributed by atoms with Gasteiger partial charge >= 0.3 is 0 Å². The zero-order valence-electron chi connectivity index (χ0n) is 13.6. The van der Waals surface area contributed by atoms with Gasteiger partial charge in [0.1, 0.15) is 16.5 Å². The first kappa shape index (κ1) is 16.8. The molecule has 2 heterocycles. The monoisotopic (exact) mass is 381 g/mol. The summed E-state index contributed by atoms with van der Waals surface area (Å²) >= 11 is 7.26. The molecule has 0 saturated carbocycles. The summed E-state index contributed by atoms with van der Waals surface area (Å²) in [6, 6.07) is 14.9. The minimum atomic E-state index is -0.218. The second kappa shape index (κ2) is 6.90. The summed E-state index contributed by atoms with van der Waals surface area (Å²) in [5.74, 6) is 0.436. The van der Waals surface area contributed by atoms with Gasteiger partial charge in [0.15, 0.2) is 0 Å². The van der Waals surface area contributed by atoms with Crippen molar-refractivity contribution in [3.8, 4) is 11.3 Å². The molecule has 0 spiro atoms. The van der Waals surface area contributed by atoms with E-state index in [0.717, 1.165) is 22.5 Å². The van der Waals surface area contributed by atoms with Gasteiger partial charge in [0.2, 0.25) is 5.12 Å². The molecule has 2 aromatic carbocycles. The van der Waals surface area contributed by atoms with Crippen molar-refractivity contribution in [3.05, 3.63) is 71.1 Å². The Morgan fingerprint density at radius 2 is 1.88 bits per heavy atom. The Balaban J connectivity index is 1.76. The number of aromatic nitrogens is 3. The Hall–Kier alpha value is -2.70. The predicted octanol–water partition coefficient (Wildman–Crippen LogP) is 5.18. The van der Waals surface area contributed by atoms with Crippen LogP contribution in [0.2, 0.25) is 5.02 Å². The van der Waals surface area contributed by atoms with E-state index in [0.29, 0.717) is 32.6 Å². The van der Waals surface area contributed by atoms with Gasteiger partial charge in [-0.25, -0.2) is 0 Å². The molecule has 0 aliphatic heterocycles. The van der Waals surface area contributed by atoms with Crippen molar-refractivity contribution < 1.29 is 9.32 Å². The number of hydrogen-bond donors (Lipinski definition) is 0. The van der Waals surface area contributed by atoms with Crippen LogP contribution in [0.3, 0.4) is 0 Å². The van der Waals surface area contributed by atoms with Crippen LogP contribution in [0.25, 0.3) is 22.0 Å². The number of carbonyl (C=O) groups is 1. The van der Waals surface area contributed by atoms with E-state index in [9.17, 15) is 4.79 Å². The fourth-order valence-electron chi connectivity index (χ4n) is 2.67. The summed E-state index contributed by atoms with van der Waals surface area (Å²) in [6.45, 7) is 1.70. The average molecular weight is 382 g/mol. The van der Waals surface area contributed by atoms with Gasteiger partial charge in [0, 0.05) is 16.3 Å². The van der Waals surface area contributed by atoms with Crippen LogP contribution < -0.4 is 0 Å². The van der Waals surface area contributed by atoms with Crippen molar-refractivity contribution in [2.45, 2.75) is 11.9 Å². The van der Waals surface area contributed by atoms with Crippen LogP contribution in [0.4, 0.5) is 0 Å². The van der Waals surface area contributed by atoms with Gasteiger partial charge < -0.3 is 4.52 Å². The van der Waals surface area contributed by atoms with Crippen LogP contribution in [0.5, 0.6) is 0 Å². The molecule has 0 bridgehead atoms. The van der Waals surface area contributed by atoms with Gasteiger partial charge in [0.05, 0.1) is 16.8 Å². The lowest BCUT2D eigenvalue weighted by molar-refractivity contribution is 0.108. The zero-order valence-corrected chi connectivity index (χ0v) is 15.2. The molecule has 0 aliphatic rings. The highest BCUT2D eigenvalue weighted by Gasteiger charge is 2.24. The van der Waals surface area contributed by atoms with Crippen LogP contribution >= 0.6 is 23.4 Å². The first-order valence-corrected chi connectivity index (χ1v) is 8.98. The molecule has 0 N–H and O–H groups in total. The van der Waals surface area contributed by atoms with Crippen LogP contribution in [0.15, 0.2) is 64.3 Å². The smallest absolute Gasteiger partial charge is 0.231 e. The van der Waals surface area contributed by atoms with Gasteiger partial charge in [-0.3, -0.25) is 4.79 Å². The van der Waals surface area contributed by atoms with E-state index in [1.54, 1.807) is 25.3 Å². The van der Waals surface area contributed by atoms with Crippen LogP contribution in [0.1, 0.15) is 16.1 Å². The molecule has 0 atom stereocenters. The number of fused-ring (bicyclic) bond motifs is 1. The van der Waals surface area contributed by atoms with Gasteiger partial charge in [-0.2, -0.15) is 5.10 Å². The second-order valence-electron chi connectivity index (χ2n) is 5.57. The molecule has 2 aromatic heterocycles. The molecule has 4 rings (SSSR count). The fraction of sp³-hybridized carbons (Fsp3) is 0.0526. The van der Waals surface area contributed by atoms with Crippen molar-refractivity contribution in [1.29, 1.82) is 0 Å². The van der Waals surface area contributed by atoms with Gasteiger partial charge in [-0.15, -0.1) is 5.10 Å². The first-order valence-electron chi connectivity index (χ1n) is 7.79. The van der Waals surface area contributed by atoms with Crippen molar-refractivity contribution in [2.24, 2.45) is 0 Å². The number of thioether (sulfide) groups is 1. The first-order chi connectivity index (χ1) is 12.6. The van der Waals surface area contributed by atoms with E-state index in [-0.39, 0.29) is 5.12 Å². The van der Waals surface area contributed by atoms with Crippen molar-refractivity contribution >= 4 is 39.3 Å². The lowest BCUT2D eigenvalue weighted by Crippen LogP contribution is -1.99. The number of benzene rings is 2. The maximum absolute atomic E-state index is 13.0. The highest BCUT2D eigenvalue weighted by atomic mass is 35.5. The summed E-state index contributed by atoms with van der Waals surface area (Å²) in [4.78, 5) is 13.0. The Labute approximate surface area is 158 Å². The molecule has 0 fully saturated rings. The van der Waals surface area contributed by atoms with E-state index in [4.69, 9.17) is 16.1 Å². The average Bonchev–Trinajstić information content (AvgIpc) is 3.04. The number of aryl methyl sites for hydroxylation is 1.